The van der Waals surface area contributed by atoms with Crippen LogP contribution in [0.2, 0.25) is 0 Å². The predicted molar refractivity (Wildman–Crippen MR) is 203 cm³/mol. The Balaban J connectivity index is 1.29. The fourth-order valence-electron chi connectivity index (χ4n) is 8.07. The number of aromatic nitrogens is 2. The number of hydrogen-bond acceptors (Lipinski definition) is 5. The Morgan fingerprint density at radius 3 is 2.15 bits per heavy atom. The van der Waals surface area contributed by atoms with Crippen LogP contribution < -0.4 is 0 Å². The number of pyridine rings is 1. The summed E-state index contributed by atoms with van der Waals surface area (Å²) in [6, 6.07) is 37.2. The number of allylic oxidation sites excluding steroid dienone is 3. The molecule has 2 aromatic heterocycles. The Morgan fingerprint density at radius 2 is 1.42 bits per heavy atom. The Hall–Kier alpha value is -6.99. The molecule has 0 saturated heterocycles. The quantitative estimate of drug-likeness (QED) is 0.186. The smallest absolute Gasteiger partial charge is 0.0992 e. The van der Waals surface area contributed by atoms with Crippen LogP contribution in [0.25, 0.3) is 44.9 Å². The van der Waals surface area contributed by atoms with Crippen molar-refractivity contribution >= 4 is 17.0 Å². The first-order valence-electron chi connectivity index (χ1n) is 17.5. The largest absolute Gasteiger partial charge is 0.313 e. The van der Waals surface area contributed by atoms with E-state index in [1.807, 2.05) is 36.5 Å². The third-order valence-corrected chi connectivity index (χ3v) is 10.6. The third kappa shape index (κ3) is 5.64. The summed E-state index contributed by atoms with van der Waals surface area (Å²) in [6.07, 6.45) is 13.9. The van der Waals surface area contributed by atoms with Crippen molar-refractivity contribution in [2.24, 2.45) is 0 Å². The lowest BCUT2D eigenvalue weighted by Gasteiger charge is -2.24. The predicted octanol–water partition coefficient (Wildman–Crippen LogP) is 10.2. The zero-order valence-electron chi connectivity index (χ0n) is 28.6. The van der Waals surface area contributed by atoms with Gasteiger partial charge in [-0.1, -0.05) is 55.5 Å². The topological polar surface area (TPSA) is 113 Å². The first kappa shape index (κ1) is 32.2. The molecule has 2 aliphatic carbocycles. The highest BCUT2D eigenvalue weighted by Crippen LogP contribution is 2.46. The van der Waals surface area contributed by atoms with Crippen LogP contribution in [0.4, 0.5) is 0 Å². The number of benzene rings is 4. The van der Waals surface area contributed by atoms with E-state index in [1.54, 1.807) is 12.1 Å². The van der Waals surface area contributed by atoms with E-state index in [4.69, 9.17) is 4.98 Å². The molecule has 2 aliphatic rings. The first-order valence-corrected chi connectivity index (χ1v) is 17.5. The standard InChI is InChI=1S/C46H32N6/c1-29-38-13-11-34(22-42(38)39-9-7-15-51-44(39)24-41(29)36-18-30(25-47)16-31(19-36)26-48)35-12-14-46-43(23-35)40-8-5-3-2-4-6-10-45(40)52(46)37-20-32(27-49)17-33(21-37)28-50/h2-3,5,7-9,11-23,29,41H,4,6,10,24H2,1H3/b3-2+,8-5?. The number of fused-ring (bicyclic) bond motifs is 6. The lowest BCUT2D eigenvalue weighted by Crippen LogP contribution is -2.11. The van der Waals surface area contributed by atoms with Gasteiger partial charge in [0.25, 0.3) is 0 Å². The van der Waals surface area contributed by atoms with E-state index in [2.05, 4.69) is 103 Å². The van der Waals surface area contributed by atoms with Gasteiger partial charge in [-0.25, -0.2) is 0 Å². The van der Waals surface area contributed by atoms with Crippen LogP contribution in [0.1, 0.15) is 81.9 Å². The highest BCUT2D eigenvalue weighted by atomic mass is 15.0. The molecule has 8 rings (SSSR count). The summed E-state index contributed by atoms with van der Waals surface area (Å²) >= 11 is 0. The second-order valence-corrected chi connectivity index (χ2v) is 13.6. The van der Waals surface area contributed by atoms with E-state index >= 15 is 0 Å². The van der Waals surface area contributed by atoms with Crippen molar-refractivity contribution in [2.45, 2.75) is 44.4 Å². The van der Waals surface area contributed by atoms with Crippen molar-refractivity contribution < 1.29 is 0 Å². The molecule has 0 aliphatic heterocycles. The average Bonchev–Trinajstić information content (AvgIpc) is 3.50. The molecule has 2 atom stereocenters. The van der Waals surface area contributed by atoms with Crippen LogP contribution in [0.5, 0.6) is 0 Å². The van der Waals surface area contributed by atoms with Crippen molar-refractivity contribution in [3.8, 4) is 52.2 Å². The highest BCUT2D eigenvalue weighted by molar-refractivity contribution is 5.96. The highest BCUT2D eigenvalue weighted by Gasteiger charge is 2.30. The lowest BCUT2D eigenvalue weighted by molar-refractivity contribution is 0.573. The molecule has 2 unspecified atom stereocenters. The van der Waals surface area contributed by atoms with Crippen LogP contribution in [-0.4, -0.2) is 9.55 Å². The molecule has 0 amide bonds. The molecule has 0 N–H and O–H groups in total. The van der Waals surface area contributed by atoms with E-state index < -0.39 is 0 Å². The normalized spacial score (nSPS) is 16.6. The van der Waals surface area contributed by atoms with Gasteiger partial charge in [0.2, 0.25) is 0 Å². The first-order chi connectivity index (χ1) is 25.5. The number of nitrogens with zero attached hydrogens (tertiary/aromatic N) is 6. The summed E-state index contributed by atoms with van der Waals surface area (Å²) < 4.78 is 2.23. The van der Waals surface area contributed by atoms with Crippen LogP contribution >= 0.6 is 0 Å². The summed E-state index contributed by atoms with van der Waals surface area (Å²) in [4.78, 5) is 4.86. The molecule has 0 spiro atoms. The summed E-state index contributed by atoms with van der Waals surface area (Å²) in [5.74, 6) is 0.127. The van der Waals surface area contributed by atoms with E-state index in [-0.39, 0.29) is 11.8 Å². The summed E-state index contributed by atoms with van der Waals surface area (Å²) in [7, 11) is 0. The van der Waals surface area contributed by atoms with Crippen molar-refractivity contribution in [3.63, 3.8) is 0 Å². The van der Waals surface area contributed by atoms with Gasteiger partial charge >= 0.3 is 0 Å². The van der Waals surface area contributed by atoms with Gasteiger partial charge in [-0.15, -0.1) is 0 Å². The van der Waals surface area contributed by atoms with Gasteiger partial charge in [0.15, 0.2) is 0 Å². The van der Waals surface area contributed by atoms with Gasteiger partial charge in [0, 0.05) is 39.8 Å². The van der Waals surface area contributed by atoms with Gasteiger partial charge < -0.3 is 4.57 Å². The van der Waals surface area contributed by atoms with Crippen LogP contribution in [0.3, 0.4) is 0 Å². The monoisotopic (exact) mass is 668 g/mol. The van der Waals surface area contributed by atoms with Crippen LogP contribution in [-0.2, 0) is 12.8 Å². The maximum atomic E-state index is 9.79. The van der Waals surface area contributed by atoms with Crippen molar-refractivity contribution in [1.82, 2.24) is 9.55 Å². The molecule has 246 valence electrons. The molecule has 52 heavy (non-hydrogen) atoms. The minimum Gasteiger partial charge on any atom is -0.313 e. The fraction of sp³-hybridized carbons (Fsp3) is 0.152. The van der Waals surface area contributed by atoms with E-state index in [1.165, 1.54) is 5.56 Å². The molecule has 0 saturated carbocycles. The Labute approximate surface area is 303 Å². The van der Waals surface area contributed by atoms with E-state index in [0.717, 1.165) is 80.6 Å². The fourth-order valence-corrected chi connectivity index (χ4v) is 8.07. The minimum absolute atomic E-state index is 0.0304. The van der Waals surface area contributed by atoms with Gasteiger partial charge in [-0.3, -0.25) is 4.98 Å². The lowest BCUT2D eigenvalue weighted by atomic mass is 9.79. The molecule has 4 aromatic carbocycles. The number of hydrogen-bond donors (Lipinski definition) is 0. The van der Waals surface area contributed by atoms with Gasteiger partial charge in [0.05, 0.1) is 52.0 Å². The van der Waals surface area contributed by atoms with Crippen molar-refractivity contribution in [3.05, 3.63) is 160 Å². The Bertz CT molecular complexity index is 2600. The van der Waals surface area contributed by atoms with Gasteiger partial charge in [0.1, 0.15) is 0 Å². The summed E-state index contributed by atoms with van der Waals surface area (Å²) in [6.45, 7) is 2.23. The molecular formula is C46H32N6. The Morgan fingerprint density at radius 1 is 0.731 bits per heavy atom. The van der Waals surface area contributed by atoms with Crippen LogP contribution in [0, 0.1) is 45.3 Å². The molecule has 2 heterocycles. The molecule has 6 nitrogen and oxygen atoms in total. The van der Waals surface area contributed by atoms with Gasteiger partial charge in [-0.2, -0.15) is 21.0 Å². The molecule has 6 aromatic rings. The molecule has 0 radical (unpaired) electrons. The third-order valence-electron chi connectivity index (χ3n) is 10.6. The Kier molecular flexibility index (Phi) is 8.29. The molecular weight excluding hydrogens is 637 g/mol. The molecule has 6 heteroatoms. The van der Waals surface area contributed by atoms with Crippen molar-refractivity contribution in [1.29, 1.82) is 21.0 Å². The zero-order valence-corrected chi connectivity index (χ0v) is 28.6. The number of rotatable bonds is 3. The summed E-state index contributed by atoms with van der Waals surface area (Å²) in [5, 5.41) is 40.1. The minimum atomic E-state index is 0.0304. The van der Waals surface area contributed by atoms with Gasteiger partial charge in [-0.05, 0) is 126 Å². The van der Waals surface area contributed by atoms with Crippen LogP contribution in [0.15, 0.2) is 109 Å². The van der Waals surface area contributed by atoms with Crippen molar-refractivity contribution in [2.75, 3.05) is 0 Å². The number of nitriles is 4. The zero-order chi connectivity index (χ0) is 35.8. The maximum absolute atomic E-state index is 9.79. The van der Waals surface area contributed by atoms with E-state index in [0.29, 0.717) is 28.7 Å². The SMILES string of the molecule is CC1c2ccc(-c3ccc4c(c3)c3c(n4-c4cc(C#N)cc(C#N)c4)CCC/C=C/C=C3)cc2-c2cccnc2CC1c1cc(C#N)cc(C#N)c1. The van der Waals surface area contributed by atoms with E-state index in [9.17, 15) is 21.0 Å². The maximum Gasteiger partial charge on any atom is 0.0992 e. The second kappa shape index (κ2) is 13.4. The second-order valence-electron chi connectivity index (χ2n) is 13.6. The molecule has 0 bridgehead atoms. The average molecular weight is 669 g/mol. The molecule has 0 fully saturated rings. The summed E-state index contributed by atoms with van der Waals surface area (Å²) in [5.41, 5.74) is 13.6.